The zero-order chi connectivity index (χ0) is 11.1. The molecule has 0 aromatic carbocycles. The first-order chi connectivity index (χ1) is 7.26. The molecule has 15 heavy (non-hydrogen) atoms. The summed E-state index contributed by atoms with van der Waals surface area (Å²) >= 11 is 0. The number of aromatic nitrogens is 2. The Labute approximate surface area is 88.7 Å². The summed E-state index contributed by atoms with van der Waals surface area (Å²) < 4.78 is 0. The van der Waals surface area contributed by atoms with Crippen molar-refractivity contribution in [3.05, 3.63) is 18.1 Å². The average Bonchev–Trinajstić information content (AvgIpc) is 2.27. The van der Waals surface area contributed by atoms with Gasteiger partial charge in [-0.1, -0.05) is 0 Å². The van der Waals surface area contributed by atoms with E-state index in [4.69, 9.17) is 11.1 Å². The number of hydrazine groups is 1. The average molecular weight is 206 g/mol. The Morgan fingerprint density at radius 3 is 2.87 bits per heavy atom. The molecule has 0 spiro atoms. The molecule has 0 aliphatic heterocycles. The second-order valence-electron chi connectivity index (χ2n) is 3.18. The van der Waals surface area contributed by atoms with E-state index in [2.05, 4.69) is 21.5 Å². The summed E-state index contributed by atoms with van der Waals surface area (Å²) in [5.74, 6) is 5.71. The Balaban J connectivity index is 2.46. The Kier molecular flexibility index (Phi) is 4.47. The van der Waals surface area contributed by atoms with Crippen molar-refractivity contribution in [1.29, 1.82) is 5.26 Å². The van der Waals surface area contributed by atoms with Crippen molar-refractivity contribution in [2.75, 3.05) is 19.0 Å². The van der Waals surface area contributed by atoms with Gasteiger partial charge in [-0.3, -0.25) is 9.88 Å². The molecule has 0 aliphatic rings. The maximum atomic E-state index is 8.42. The number of nitrogens with two attached hydrogens (primary N) is 1. The molecule has 1 aromatic rings. The lowest BCUT2D eigenvalue weighted by Gasteiger charge is -2.13. The van der Waals surface area contributed by atoms with Crippen molar-refractivity contribution in [3.63, 3.8) is 0 Å². The fourth-order valence-corrected chi connectivity index (χ4v) is 1.11. The highest BCUT2D eigenvalue weighted by Gasteiger charge is 2.01. The highest BCUT2D eigenvalue weighted by Crippen LogP contribution is 2.01. The number of nitriles is 1. The van der Waals surface area contributed by atoms with Crippen molar-refractivity contribution >= 4 is 5.82 Å². The van der Waals surface area contributed by atoms with Crippen LogP contribution in [0.5, 0.6) is 0 Å². The van der Waals surface area contributed by atoms with Crippen molar-refractivity contribution in [1.82, 2.24) is 14.9 Å². The molecule has 3 N–H and O–H groups in total. The second kappa shape index (κ2) is 5.90. The van der Waals surface area contributed by atoms with Crippen LogP contribution in [0.3, 0.4) is 0 Å². The normalized spacial score (nSPS) is 10.0. The van der Waals surface area contributed by atoms with Gasteiger partial charge in [0, 0.05) is 19.5 Å². The van der Waals surface area contributed by atoms with Crippen LogP contribution < -0.4 is 11.3 Å². The minimum absolute atomic E-state index is 0.520. The van der Waals surface area contributed by atoms with E-state index in [-0.39, 0.29) is 0 Å². The lowest BCUT2D eigenvalue weighted by molar-refractivity contribution is 0.330. The molecule has 0 amide bonds. The highest BCUT2D eigenvalue weighted by molar-refractivity contribution is 5.28. The van der Waals surface area contributed by atoms with Crippen LogP contribution in [-0.2, 0) is 6.54 Å². The van der Waals surface area contributed by atoms with Gasteiger partial charge in [-0.25, -0.2) is 10.8 Å². The Hall–Kier alpha value is -1.71. The molecule has 6 heteroatoms. The second-order valence-corrected chi connectivity index (χ2v) is 3.18. The predicted octanol–water partition coefficient (Wildman–Crippen LogP) is 0.108. The van der Waals surface area contributed by atoms with Gasteiger partial charge in [0.2, 0.25) is 0 Å². The lowest BCUT2D eigenvalue weighted by atomic mass is 10.3. The van der Waals surface area contributed by atoms with Gasteiger partial charge in [0.15, 0.2) is 5.82 Å². The van der Waals surface area contributed by atoms with Gasteiger partial charge in [0.1, 0.15) is 0 Å². The van der Waals surface area contributed by atoms with Crippen molar-refractivity contribution in [3.8, 4) is 6.07 Å². The number of nitrogens with one attached hydrogen (secondary N) is 1. The molecule has 0 unspecified atom stereocenters. The summed E-state index contributed by atoms with van der Waals surface area (Å²) in [6.45, 7) is 1.41. The first-order valence-electron chi connectivity index (χ1n) is 4.59. The maximum Gasteiger partial charge on any atom is 0.158 e. The minimum atomic E-state index is 0.520. The van der Waals surface area contributed by atoms with Gasteiger partial charge in [0.25, 0.3) is 0 Å². The Morgan fingerprint density at radius 1 is 1.53 bits per heavy atom. The van der Waals surface area contributed by atoms with E-state index in [1.807, 2.05) is 11.9 Å². The van der Waals surface area contributed by atoms with Crippen LogP contribution in [0.4, 0.5) is 5.82 Å². The monoisotopic (exact) mass is 206 g/mol. The van der Waals surface area contributed by atoms with E-state index in [0.717, 1.165) is 12.2 Å². The molecule has 0 aliphatic carbocycles. The first-order valence-corrected chi connectivity index (χ1v) is 4.59. The summed E-state index contributed by atoms with van der Waals surface area (Å²) in [6.07, 6.45) is 3.76. The van der Waals surface area contributed by atoms with Crippen LogP contribution in [0.25, 0.3) is 0 Å². The number of hydrogen-bond donors (Lipinski definition) is 2. The van der Waals surface area contributed by atoms with Gasteiger partial charge in [0.05, 0.1) is 24.2 Å². The van der Waals surface area contributed by atoms with Gasteiger partial charge in [-0.2, -0.15) is 5.26 Å². The molecule has 0 atom stereocenters. The van der Waals surface area contributed by atoms with Gasteiger partial charge < -0.3 is 5.43 Å². The number of nitrogen functional groups attached to an aromatic ring is 1. The SMILES string of the molecule is CN(CCC#N)Cc1cnc(NN)cn1. The van der Waals surface area contributed by atoms with Crippen LogP contribution in [0.2, 0.25) is 0 Å². The van der Waals surface area contributed by atoms with Gasteiger partial charge >= 0.3 is 0 Å². The van der Waals surface area contributed by atoms with Crippen LogP contribution >= 0.6 is 0 Å². The van der Waals surface area contributed by atoms with Crippen molar-refractivity contribution in [2.45, 2.75) is 13.0 Å². The highest BCUT2D eigenvalue weighted by atomic mass is 15.3. The number of nitrogens with zero attached hydrogens (tertiary/aromatic N) is 4. The standard InChI is InChI=1S/C9H14N6/c1-15(4-2-3-10)7-8-5-13-9(14-11)6-12-8/h5-6H,2,4,7,11H2,1H3,(H,13,14). The summed E-state index contributed by atoms with van der Waals surface area (Å²) in [6, 6.07) is 2.10. The third-order valence-electron chi connectivity index (χ3n) is 1.89. The molecule has 1 rings (SSSR count). The maximum absolute atomic E-state index is 8.42. The van der Waals surface area contributed by atoms with E-state index in [9.17, 15) is 0 Å². The van der Waals surface area contributed by atoms with Crippen molar-refractivity contribution < 1.29 is 0 Å². The zero-order valence-electron chi connectivity index (χ0n) is 8.64. The van der Waals surface area contributed by atoms with Crippen molar-refractivity contribution in [2.24, 2.45) is 5.84 Å². The smallest absolute Gasteiger partial charge is 0.158 e. The van der Waals surface area contributed by atoms with Crippen LogP contribution in [0.1, 0.15) is 12.1 Å². The third kappa shape index (κ3) is 3.89. The zero-order valence-corrected chi connectivity index (χ0v) is 8.64. The Morgan fingerprint density at radius 2 is 2.33 bits per heavy atom. The summed E-state index contributed by atoms with van der Waals surface area (Å²) in [7, 11) is 1.94. The molecule has 0 fully saturated rings. The minimum Gasteiger partial charge on any atom is -0.307 e. The van der Waals surface area contributed by atoms with E-state index in [0.29, 0.717) is 18.8 Å². The van der Waals surface area contributed by atoms with E-state index >= 15 is 0 Å². The lowest BCUT2D eigenvalue weighted by Crippen LogP contribution is -2.19. The van der Waals surface area contributed by atoms with Gasteiger partial charge in [-0.05, 0) is 7.05 Å². The third-order valence-corrected chi connectivity index (χ3v) is 1.89. The summed E-state index contributed by atoms with van der Waals surface area (Å²) in [5.41, 5.74) is 3.27. The molecule has 6 nitrogen and oxygen atoms in total. The number of rotatable bonds is 5. The first kappa shape index (κ1) is 11.4. The van der Waals surface area contributed by atoms with Crippen LogP contribution in [0, 0.1) is 11.3 Å². The molecule has 0 saturated carbocycles. The summed E-state index contributed by atoms with van der Waals surface area (Å²) in [5, 5.41) is 8.42. The van der Waals surface area contributed by atoms with E-state index in [1.54, 1.807) is 12.4 Å². The molecule has 0 radical (unpaired) electrons. The van der Waals surface area contributed by atoms with Crippen LogP contribution in [-0.4, -0.2) is 28.5 Å². The molecule has 0 saturated heterocycles. The number of hydrogen-bond acceptors (Lipinski definition) is 6. The Bertz CT molecular complexity index is 327. The molecule has 1 heterocycles. The molecule has 1 aromatic heterocycles. The van der Waals surface area contributed by atoms with E-state index < -0.39 is 0 Å². The quantitative estimate of drug-likeness (QED) is 0.524. The summed E-state index contributed by atoms with van der Waals surface area (Å²) in [4.78, 5) is 10.2. The fraction of sp³-hybridized carbons (Fsp3) is 0.444. The molecular formula is C9H14N6. The predicted molar refractivity (Wildman–Crippen MR) is 56.4 cm³/mol. The number of anilines is 1. The van der Waals surface area contributed by atoms with Gasteiger partial charge in [-0.15, -0.1) is 0 Å². The largest absolute Gasteiger partial charge is 0.307 e. The fourth-order valence-electron chi connectivity index (χ4n) is 1.11. The van der Waals surface area contributed by atoms with Crippen LogP contribution in [0.15, 0.2) is 12.4 Å². The molecular weight excluding hydrogens is 192 g/mol. The molecule has 0 bridgehead atoms. The topological polar surface area (TPSA) is 90.9 Å². The molecule has 80 valence electrons. The van der Waals surface area contributed by atoms with E-state index in [1.165, 1.54) is 0 Å².